The fraction of sp³-hybridized carbons (Fsp3) is 0.250. The fourth-order valence-electron chi connectivity index (χ4n) is 1.77. The molecule has 106 valence electrons. The van der Waals surface area contributed by atoms with E-state index in [1.54, 1.807) is 0 Å². The third-order valence-electron chi connectivity index (χ3n) is 2.80. The summed E-state index contributed by atoms with van der Waals surface area (Å²) in [4.78, 5) is 34.0. The number of piperazine rings is 1. The SMILES string of the molecule is O=C1CNC(C(=O)Nc2ccc(Cl)cc2C(=O)O)CN1. The second-order valence-corrected chi connectivity index (χ2v) is 4.66. The van der Waals surface area contributed by atoms with Crippen LogP contribution in [0.15, 0.2) is 18.2 Å². The third kappa shape index (κ3) is 3.25. The lowest BCUT2D eigenvalue weighted by molar-refractivity contribution is -0.124. The van der Waals surface area contributed by atoms with E-state index < -0.39 is 17.9 Å². The molecule has 0 aliphatic carbocycles. The van der Waals surface area contributed by atoms with Gasteiger partial charge in [-0.05, 0) is 18.2 Å². The number of aromatic carboxylic acids is 1. The maximum absolute atomic E-state index is 12.0. The van der Waals surface area contributed by atoms with Crippen molar-refractivity contribution in [3.05, 3.63) is 28.8 Å². The predicted molar refractivity (Wildman–Crippen MR) is 71.8 cm³/mol. The number of carbonyl (C=O) groups is 3. The van der Waals surface area contributed by atoms with Gasteiger partial charge in [0.05, 0.1) is 17.8 Å². The van der Waals surface area contributed by atoms with Gasteiger partial charge in [0.2, 0.25) is 11.8 Å². The van der Waals surface area contributed by atoms with Gasteiger partial charge < -0.3 is 15.7 Å². The number of benzene rings is 1. The molecule has 2 amide bonds. The van der Waals surface area contributed by atoms with Gasteiger partial charge in [0.25, 0.3) is 0 Å². The van der Waals surface area contributed by atoms with Gasteiger partial charge >= 0.3 is 5.97 Å². The number of rotatable bonds is 3. The van der Waals surface area contributed by atoms with Crippen LogP contribution in [-0.2, 0) is 9.59 Å². The van der Waals surface area contributed by atoms with Crippen molar-refractivity contribution in [3.8, 4) is 0 Å². The lowest BCUT2D eigenvalue weighted by Gasteiger charge is -2.23. The molecule has 1 aromatic rings. The molecule has 0 aromatic heterocycles. The van der Waals surface area contributed by atoms with Gasteiger partial charge in [0.15, 0.2) is 0 Å². The van der Waals surface area contributed by atoms with Crippen LogP contribution in [-0.4, -0.2) is 42.0 Å². The molecular weight excluding hydrogens is 286 g/mol. The predicted octanol–water partition coefficient (Wildman–Crippen LogP) is 0.0647. The molecule has 0 bridgehead atoms. The largest absolute Gasteiger partial charge is 0.478 e. The summed E-state index contributed by atoms with van der Waals surface area (Å²) in [5, 5.41) is 17.1. The molecular formula is C12H12ClN3O4. The van der Waals surface area contributed by atoms with Crippen LogP contribution in [0.5, 0.6) is 0 Å². The Labute approximate surface area is 119 Å². The maximum Gasteiger partial charge on any atom is 0.337 e. The number of carboxylic acids is 1. The lowest BCUT2D eigenvalue weighted by Crippen LogP contribution is -2.56. The molecule has 8 heteroatoms. The van der Waals surface area contributed by atoms with Gasteiger partial charge in [-0.15, -0.1) is 0 Å². The standard InChI is InChI=1S/C12H12ClN3O4/c13-6-1-2-8(7(3-6)12(19)20)16-11(18)9-4-15-10(17)5-14-9/h1-3,9,14H,4-5H2,(H,15,17)(H,16,18)(H,19,20). The van der Waals surface area contributed by atoms with Crippen LogP contribution in [0.2, 0.25) is 5.02 Å². The summed E-state index contributed by atoms with van der Waals surface area (Å²) in [6.45, 7) is 0.200. The first kappa shape index (κ1) is 14.3. The number of nitrogens with one attached hydrogen (secondary N) is 3. The zero-order valence-corrected chi connectivity index (χ0v) is 11.0. The Hall–Kier alpha value is -2.12. The zero-order chi connectivity index (χ0) is 14.7. The van der Waals surface area contributed by atoms with Crippen molar-refractivity contribution in [2.75, 3.05) is 18.4 Å². The first-order chi connectivity index (χ1) is 9.47. The highest BCUT2D eigenvalue weighted by Crippen LogP contribution is 2.21. The highest BCUT2D eigenvalue weighted by atomic mass is 35.5. The van der Waals surface area contributed by atoms with E-state index in [1.807, 2.05) is 0 Å². The molecule has 0 spiro atoms. The Bertz CT molecular complexity index is 566. The van der Waals surface area contributed by atoms with Crippen molar-refractivity contribution in [1.29, 1.82) is 0 Å². The van der Waals surface area contributed by atoms with Crippen LogP contribution in [0, 0.1) is 0 Å². The van der Waals surface area contributed by atoms with E-state index >= 15 is 0 Å². The normalized spacial score (nSPS) is 18.2. The summed E-state index contributed by atoms with van der Waals surface area (Å²) in [7, 11) is 0. The molecule has 1 atom stereocenters. The van der Waals surface area contributed by atoms with Crippen molar-refractivity contribution < 1.29 is 19.5 Å². The number of hydrogen-bond donors (Lipinski definition) is 4. The lowest BCUT2D eigenvalue weighted by atomic mass is 10.1. The van der Waals surface area contributed by atoms with Crippen LogP contribution in [0.3, 0.4) is 0 Å². The third-order valence-corrected chi connectivity index (χ3v) is 3.03. The molecule has 1 aliphatic rings. The fourth-order valence-corrected chi connectivity index (χ4v) is 1.95. The molecule has 20 heavy (non-hydrogen) atoms. The summed E-state index contributed by atoms with van der Waals surface area (Å²) in [5.41, 5.74) is 0.0660. The first-order valence-electron chi connectivity index (χ1n) is 5.81. The van der Waals surface area contributed by atoms with Crippen LogP contribution >= 0.6 is 11.6 Å². The average Bonchev–Trinajstić information content (AvgIpc) is 2.41. The zero-order valence-electron chi connectivity index (χ0n) is 10.3. The molecule has 1 aromatic carbocycles. The van der Waals surface area contributed by atoms with Crippen LogP contribution < -0.4 is 16.0 Å². The summed E-state index contributed by atoms with van der Waals surface area (Å²) in [6.07, 6.45) is 0. The van der Waals surface area contributed by atoms with E-state index in [0.717, 1.165) is 0 Å². The molecule has 4 N–H and O–H groups in total. The molecule has 0 radical (unpaired) electrons. The van der Waals surface area contributed by atoms with E-state index in [1.165, 1.54) is 18.2 Å². The van der Waals surface area contributed by atoms with Crippen molar-refractivity contribution in [1.82, 2.24) is 10.6 Å². The quantitative estimate of drug-likeness (QED) is 0.631. The minimum absolute atomic E-state index is 0.0461. The van der Waals surface area contributed by atoms with Gasteiger partial charge in [-0.1, -0.05) is 11.6 Å². The summed E-state index contributed by atoms with van der Waals surface area (Å²) < 4.78 is 0. The highest BCUT2D eigenvalue weighted by Gasteiger charge is 2.24. The Morgan fingerprint density at radius 3 is 2.75 bits per heavy atom. The molecule has 1 saturated heterocycles. The topological polar surface area (TPSA) is 108 Å². The molecule has 1 aliphatic heterocycles. The number of anilines is 1. The minimum atomic E-state index is -1.19. The van der Waals surface area contributed by atoms with Gasteiger partial charge in [-0.3, -0.25) is 14.9 Å². The summed E-state index contributed by atoms with van der Waals surface area (Å²) in [6, 6.07) is 3.56. The Kier molecular flexibility index (Phi) is 4.21. The average molecular weight is 298 g/mol. The van der Waals surface area contributed by atoms with Gasteiger partial charge in [0, 0.05) is 11.6 Å². The van der Waals surface area contributed by atoms with Crippen molar-refractivity contribution in [3.63, 3.8) is 0 Å². The van der Waals surface area contributed by atoms with Gasteiger partial charge in [0.1, 0.15) is 6.04 Å². The number of hydrogen-bond acceptors (Lipinski definition) is 4. The maximum atomic E-state index is 12.0. The van der Waals surface area contributed by atoms with Crippen LogP contribution in [0.1, 0.15) is 10.4 Å². The number of amides is 2. The van der Waals surface area contributed by atoms with E-state index in [0.29, 0.717) is 0 Å². The molecule has 2 rings (SSSR count). The second-order valence-electron chi connectivity index (χ2n) is 4.22. The van der Waals surface area contributed by atoms with Crippen LogP contribution in [0.25, 0.3) is 0 Å². The molecule has 1 unspecified atom stereocenters. The number of carbonyl (C=O) groups excluding carboxylic acids is 2. The van der Waals surface area contributed by atoms with E-state index in [2.05, 4.69) is 16.0 Å². The Balaban J connectivity index is 2.11. The van der Waals surface area contributed by atoms with E-state index in [9.17, 15) is 14.4 Å². The van der Waals surface area contributed by atoms with Crippen molar-refractivity contribution in [2.24, 2.45) is 0 Å². The van der Waals surface area contributed by atoms with Crippen LogP contribution in [0.4, 0.5) is 5.69 Å². The first-order valence-corrected chi connectivity index (χ1v) is 6.19. The second kappa shape index (κ2) is 5.89. The smallest absolute Gasteiger partial charge is 0.337 e. The Morgan fingerprint density at radius 2 is 2.15 bits per heavy atom. The van der Waals surface area contributed by atoms with Gasteiger partial charge in [-0.25, -0.2) is 4.79 Å². The Morgan fingerprint density at radius 1 is 1.40 bits per heavy atom. The van der Waals surface area contributed by atoms with E-state index in [4.69, 9.17) is 16.7 Å². The number of halogens is 1. The molecule has 0 saturated carbocycles. The van der Waals surface area contributed by atoms with Gasteiger partial charge in [-0.2, -0.15) is 0 Å². The monoisotopic (exact) mass is 297 g/mol. The summed E-state index contributed by atoms with van der Waals surface area (Å²) in [5.74, 6) is -1.80. The molecule has 1 heterocycles. The molecule has 7 nitrogen and oxygen atoms in total. The molecule has 1 fully saturated rings. The van der Waals surface area contributed by atoms with Crippen molar-refractivity contribution in [2.45, 2.75) is 6.04 Å². The summed E-state index contributed by atoms with van der Waals surface area (Å²) >= 11 is 5.73. The van der Waals surface area contributed by atoms with Crippen molar-refractivity contribution >= 4 is 35.1 Å². The van der Waals surface area contributed by atoms with E-state index in [-0.39, 0.29) is 35.3 Å². The number of carboxylic acid groups (broad SMARTS) is 1. The highest BCUT2D eigenvalue weighted by molar-refractivity contribution is 6.31. The minimum Gasteiger partial charge on any atom is -0.478 e.